The van der Waals surface area contributed by atoms with Crippen LogP contribution in [0.1, 0.15) is 17.0 Å². The Balaban J connectivity index is 0.000000381. The van der Waals surface area contributed by atoms with E-state index >= 15 is 0 Å². The minimum absolute atomic E-state index is 0.329. The average Bonchev–Trinajstić information content (AvgIpc) is 2.56. The maximum Gasteiger partial charge on any atom is 0.490 e. The first kappa shape index (κ1) is 20.2. The molecular formula is C17H16F3NO4. The second-order valence-electron chi connectivity index (χ2n) is 4.97. The molecule has 4 N–H and O–H groups in total. The molecule has 0 radical (unpaired) electrons. The predicted octanol–water partition coefficient (Wildman–Crippen LogP) is 2.86. The number of halogens is 3. The molecule has 0 aromatic heterocycles. The van der Waals surface area contributed by atoms with Gasteiger partial charge >= 0.3 is 18.1 Å². The Morgan fingerprint density at radius 3 is 1.40 bits per heavy atom. The average molecular weight is 355 g/mol. The van der Waals surface area contributed by atoms with Crippen LogP contribution in [0.15, 0.2) is 60.7 Å². The monoisotopic (exact) mass is 355 g/mol. The maximum absolute atomic E-state index is 11.2. The van der Waals surface area contributed by atoms with Crippen molar-refractivity contribution in [3.63, 3.8) is 0 Å². The number of hydrogen-bond donors (Lipinski definition) is 3. The number of aliphatic carboxylic acids is 2. The fraction of sp³-hybridized carbons (Fsp3) is 0.176. The molecule has 0 aliphatic heterocycles. The lowest BCUT2D eigenvalue weighted by Gasteiger charge is -2.21. The first-order valence-electron chi connectivity index (χ1n) is 7.03. The van der Waals surface area contributed by atoms with Crippen molar-refractivity contribution in [1.82, 2.24) is 0 Å². The summed E-state index contributed by atoms with van der Waals surface area (Å²) in [6, 6.07) is 18.0. The number of alkyl halides is 3. The van der Waals surface area contributed by atoms with E-state index in [-0.39, 0.29) is 5.92 Å². The van der Waals surface area contributed by atoms with E-state index in [0.29, 0.717) is 0 Å². The lowest BCUT2D eigenvalue weighted by Crippen LogP contribution is -2.37. The molecule has 0 heterocycles. The summed E-state index contributed by atoms with van der Waals surface area (Å²) in [5.41, 5.74) is 7.66. The summed E-state index contributed by atoms with van der Waals surface area (Å²) in [6.07, 6.45) is -5.08. The number of nitrogens with two attached hydrogens (primary N) is 1. The smallest absolute Gasteiger partial charge is 0.480 e. The molecule has 2 rings (SSSR count). The van der Waals surface area contributed by atoms with Crippen LogP contribution in [0.3, 0.4) is 0 Å². The molecule has 2 aromatic rings. The van der Waals surface area contributed by atoms with Crippen molar-refractivity contribution in [2.24, 2.45) is 5.73 Å². The topological polar surface area (TPSA) is 101 Å². The Morgan fingerprint density at radius 1 is 0.840 bits per heavy atom. The van der Waals surface area contributed by atoms with Gasteiger partial charge in [-0.3, -0.25) is 4.79 Å². The summed E-state index contributed by atoms with van der Waals surface area (Å²) in [7, 11) is 0. The van der Waals surface area contributed by atoms with Gasteiger partial charge in [0.15, 0.2) is 0 Å². The Hall–Kier alpha value is -2.87. The van der Waals surface area contributed by atoms with Crippen LogP contribution in [0.5, 0.6) is 0 Å². The van der Waals surface area contributed by atoms with Gasteiger partial charge in [-0.05, 0) is 11.1 Å². The van der Waals surface area contributed by atoms with Gasteiger partial charge in [-0.15, -0.1) is 0 Å². The van der Waals surface area contributed by atoms with Gasteiger partial charge in [0, 0.05) is 5.92 Å². The van der Waals surface area contributed by atoms with Crippen LogP contribution in [0.2, 0.25) is 0 Å². The zero-order valence-electron chi connectivity index (χ0n) is 12.9. The van der Waals surface area contributed by atoms with E-state index in [9.17, 15) is 18.0 Å². The zero-order valence-corrected chi connectivity index (χ0v) is 12.9. The van der Waals surface area contributed by atoms with E-state index < -0.39 is 24.2 Å². The van der Waals surface area contributed by atoms with Crippen molar-refractivity contribution in [2.45, 2.75) is 18.1 Å². The molecule has 0 amide bonds. The molecule has 0 aliphatic carbocycles. The van der Waals surface area contributed by atoms with E-state index in [1.165, 1.54) is 0 Å². The summed E-state index contributed by atoms with van der Waals surface area (Å²) in [6.45, 7) is 0. The molecular weight excluding hydrogens is 339 g/mol. The molecule has 5 nitrogen and oxygen atoms in total. The molecule has 0 saturated heterocycles. The third-order valence-corrected chi connectivity index (χ3v) is 3.20. The standard InChI is InChI=1S/C15H15NO2.C2HF3O2/c16-14(15(17)18)13(11-7-3-1-4-8-11)12-9-5-2-6-10-12;3-2(4,5)1(6)7/h1-10,13-14H,16H2,(H,17,18);(H,6,7)/t14-;/m1./s1. The predicted molar refractivity (Wildman–Crippen MR) is 84.0 cm³/mol. The summed E-state index contributed by atoms with van der Waals surface area (Å²) >= 11 is 0. The Bertz CT molecular complexity index is 651. The lowest BCUT2D eigenvalue weighted by atomic mass is 9.85. The Kier molecular flexibility index (Phi) is 7.13. The molecule has 0 bridgehead atoms. The van der Waals surface area contributed by atoms with Gasteiger partial charge in [-0.1, -0.05) is 60.7 Å². The number of benzene rings is 2. The fourth-order valence-electron chi connectivity index (χ4n) is 2.07. The third kappa shape index (κ3) is 6.27. The number of rotatable bonds is 4. The van der Waals surface area contributed by atoms with E-state index in [2.05, 4.69) is 0 Å². The first-order valence-corrected chi connectivity index (χ1v) is 7.03. The Labute approximate surface area is 141 Å². The van der Waals surface area contributed by atoms with E-state index in [4.69, 9.17) is 20.7 Å². The van der Waals surface area contributed by atoms with E-state index in [1.54, 1.807) is 0 Å². The highest BCUT2D eigenvalue weighted by atomic mass is 19.4. The molecule has 0 aliphatic rings. The van der Waals surface area contributed by atoms with Gasteiger partial charge in [-0.25, -0.2) is 4.79 Å². The zero-order chi connectivity index (χ0) is 19.0. The van der Waals surface area contributed by atoms with Gasteiger partial charge in [0.05, 0.1) is 0 Å². The van der Waals surface area contributed by atoms with E-state index in [0.717, 1.165) is 11.1 Å². The molecule has 0 unspecified atom stereocenters. The van der Waals surface area contributed by atoms with Crippen LogP contribution < -0.4 is 5.73 Å². The highest BCUT2D eigenvalue weighted by molar-refractivity contribution is 5.75. The molecule has 0 saturated carbocycles. The van der Waals surface area contributed by atoms with Crippen LogP contribution in [0.25, 0.3) is 0 Å². The normalized spacial score (nSPS) is 12.0. The highest BCUT2D eigenvalue weighted by Crippen LogP contribution is 2.27. The number of hydrogen-bond acceptors (Lipinski definition) is 3. The fourth-order valence-corrected chi connectivity index (χ4v) is 2.07. The van der Waals surface area contributed by atoms with Gasteiger partial charge in [-0.2, -0.15) is 13.2 Å². The highest BCUT2D eigenvalue weighted by Gasteiger charge is 2.38. The summed E-state index contributed by atoms with van der Waals surface area (Å²) in [5, 5.41) is 16.3. The van der Waals surface area contributed by atoms with Crippen molar-refractivity contribution in [1.29, 1.82) is 0 Å². The number of carbonyl (C=O) groups is 2. The van der Waals surface area contributed by atoms with Crippen molar-refractivity contribution < 1.29 is 33.0 Å². The van der Waals surface area contributed by atoms with Crippen LogP contribution in [-0.2, 0) is 9.59 Å². The van der Waals surface area contributed by atoms with Gasteiger partial charge in [0.25, 0.3) is 0 Å². The Morgan fingerprint density at radius 2 is 1.16 bits per heavy atom. The minimum Gasteiger partial charge on any atom is -0.480 e. The van der Waals surface area contributed by atoms with Gasteiger partial charge in [0.2, 0.25) is 0 Å². The molecule has 1 atom stereocenters. The van der Waals surface area contributed by atoms with Crippen molar-refractivity contribution in [3.8, 4) is 0 Å². The molecule has 25 heavy (non-hydrogen) atoms. The number of carboxylic acids is 2. The number of carboxylic acid groups (broad SMARTS) is 2. The van der Waals surface area contributed by atoms with Crippen molar-refractivity contribution in [2.75, 3.05) is 0 Å². The molecule has 0 spiro atoms. The summed E-state index contributed by atoms with van der Waals surface area (Å²) < 4.78 is 31.7. The van der Waals surface area contributed by atoms with Crippen LogP contribution >= 0.6 is 0 Å². The van der Waals surface area contributed by atoms with Gasteiger partial charge in [0.1, 0.15) is 6.04 Å². The van der Waals surface area contributed by atoms with Crippen molar-refractivity contribution >= 4 is 11.9 Å². The first-order chi connectivity index (χ1) is 11.6. The van der Waals surface area contributed by atoms with Crippen LogP contribution in [0, 0.1) is 0 Å². The molecule has 2 aromatic carbocycles. The quantitative estimate of drug-likeness (QED) is 0.783. The van der Waals surface area contributed by atoms with Crippen LogP contribution in [-0.4, -0.2) is 34.4 Å². The van der Waals surface area contributed by atoms with Crippen LogP contribution in [0.4, 0.5) is 13.2 Å². The third-order valence-electron chi connectivity index (χ3n) is 3.20. The largest absolute Gasteiger partial charge is 0.490 e. The molecule has 0 fully saturated rings. The lowest BCUT2D eigenvalue weighted by molar-refractivity contribution is -0.192. The molecule has 8 heteroatoms. The summed E-state index contributed by atoms with van der Waals surface area (Å²) in [5.74, 6) is -4.08. The second kappa shape index (κ2) is 8.84. The van der Waals surface area contributed by atoms with E-state index in [1.807, 2.05) is 60.7 Å². The van der Waals surface area contributed by atoms with Crippen molar-refractivity contribution in [3.05, 3.63) is 71.8 Å². The summed E-state index contributed by atoms with van der Waals surface area (Å²) in [4.78, 5) is 20.1. The SMILES string of the molecule is N[C@@H](C(=O)O)C(c1ccccc1)c1ccccc1.O=C(O)C(F)(F)F. The second-order valence-corrected chi connectivity index (χ2v) is 4.97. The van der Waals surface area contributed by atoms with Gasteiger partial charge < -0.3 is 15.9 Å². The maximum atomic E-state index is 11.2. The molecule has 134 valence electrons. The minimum atomic E-state index is -5.08.